The summed E-state index contributed by atoms with van der Waals surface area (Å²) in [6, 6.07) is 9.91. The third-order valence-corrected chi connectivity index (χ3v) is 4.66. The lowest BCUT2D eigenvalue weighted by atomic mass is 9.93. The Morgan fingerprint density at radius 2 is 2.12 bits per heavy atom. The molecule has 1 amide bonds. The maximum atomic E-state index is 13.9. The van der Waals surface area contributed by atoms with Crippen molar-refractivity contribution in [2.75, 3.05) is 18.8 Å². The lowest BCUT2D eigenvalue weighted by Crippen LogP contribution is -2.39. The number of hydrogen-bond acceptors (Lipinski definition) is 4. The van der Waals surface area contributed by atoms with Crippen molar-refractivity contribution >= 4 is 17.4 Å². The summed E-state index contributed by atoms with van der Waals surface area (Å²) in [6.45, 7) is 1.12. The summed E-state index contributed by atoms with van der Waals surface area (Å²) in [7, 11) is 0. The van der Waals surface area contributed by atoms with Crippen LogP contribution in [0.3, 0.4) is 0 Å². The Bertz CT molecular complexity index is 938. The Hall–Kier alpha value is -2.96. The monoisotopic (exact) mass is 339 g/mol. The van der Waals surface area contributed by atoms with Gasteiger partial charge < -0.3 is 10.6 Å². The predicted molar refractivity (Wildman–Crippen MR) is 91.7 cm³/mol. The fourth-order valence-corrected chi connectivity index (χ4v) is 3.39. The van der Waals surface area contributed by atoms with Gasteiger partial charge in [0.15, 0.2) is 0 Å². The van der Waals surface area contributed by atoms with E-state index < -0.39 is 5.82 Å². The highest BCUT2D eigenvalue weighted by molar-refractivity contribution is 5.94. The van der Waals surface area contributed by atoms with E-state index in [1.165, 1.54) is 12.1 Å². The molecule has 128 valence electrons. The molecule has 3 aromatic rings. The van der Waals surface area contributed by atoms with Gasteiger partial charge in [0.2, 0.25) is 5.95 Å². The molecule has 1 saturated heterocycles. The van der Waals surface area contributed by atoms with Crippen LogP contribution in [0.15, 0.2) is 42.6 Å². The molecule has 1 aromatic carbocycles. The third-order valence-electron chi connectivity index (χ3n) is 4.66. The molecule has 0 aliphatic carbocycles. The van der Waals surface area contributed by atoms with E-state index in [-0.39, 0.29) is 17.4 Å². The van der Waals surface area contributed by atoms with Crippen molar-refractivity contribution in [1.29, 1.82) is 0 Å². The molecule has 3 heterocycles. The van der Waals surface area contributed by atoms with Crippen LogP contribution in [-0.2, 0) is 0 Å². The van der Waals surface area contributed by atoms with Crippen molar-refractivity contribution in [3.8, 4) is 0 Å². The third kappa shape index (κ3) is 2.82. The van der Waals surface area contributed by atoms with Crippen molar-refractivity contribution in [2.24, 2.45) is 0 Å². The molecule has 0 radical (unpaired) electrons. The number of anilines is 1. The maximum Gasteiger partial charge on any atom is 0.256 e. The number of amides is 1. The average molecular weight is 339 g/mol. The van der Waals surface area contributed by atoms with E-state index in [0.717, 1.165) is 24.1 Å². The van der Waals surface area contributed by atoms with Crippen molar-refractivity contribution in [2.45, 2.75) is 18.8 Å². The van der Waals surface area contributed by atoms with E-state index in [9.17, 15) is 9.18 Å². The number of likely N-dealkylation sites (tertiary alicyclic amines) is 1. The van der Waals surface area contributed by atoms with Crippen molar-refractivity contribution in [3.05, 3.63) is 59.7 Å². The number of fused-ring (bicyclic) bond motifs is 1. The molecule has 2 N–H and O–H groups in total. The van der Waals surface area contributed by atoms with Crippen LogP contribution in [0.5, 0.6) is 0 Å². The first-order chi connectivity index (χ1) is 12.1. The first-order valence-electron chi connectivity index (χ1n) is 8.27. The summed E-state index contributed by atoms with van der Waals surface area (Å²) < 4.78 is 15.5. The number of nitrogens with two attached hydrogens (primary N) is 1. The van der Waals surface area contributed by atoms with E-state index in [1.807, 2.05) is 12.1 Å². The number of carbonyl (C=O) groups excluding carboxylic acids is 1. The number of halogens is 1. The first kappa shape index (κ1) is 15.6. The van der Waals surface area contributed by atoms with E-state index in [0.29, 0.717) is 19.0 Å². The lowest BCUT2D eigenvalue weighted by Gasteiger charge is -2.32. The summed E-state index contributed by atoms with van der Waals surface area (Å²) in [4.78, 5) is 18.8. The molecule has 0 saturated carbocycles. The predicted octanol–water partition coefficient (Wildman–Crippen LogP) is 2.47. The van der Waals surface area contributed by atoms with Gasteiger partial charge in [-0.05, 0) is 37.1 Å². The van der Waals surface area contributed by atoms with Crippen LogP contribution < -0.4 is 5.73 Å². The van der Waals surface area contributed by atoms with Crippen LogP contribution in [0.1, 0.15) is 34.8 Å². The lowest BCUT2D eigenvalue weighted by molar-refractivity contribution is 0.0701. The number of carbonyl (C=O) groups is 1. The highest BCUT2D eigenvalue weighted by Gasteiger charge is 2.28. The van der Waals surface area contributed by atoms with Gasteiger partial charge in [0.25, 0.3) is 5.91 Å². The molecule has 1 aliphatic rings. The summed E-state index contributed by atoms with van der Waals surface area (Å²) >= 11 is 0. The number of nitrogen functional groups attached to an aromatic ring is 1. The Morgan fingerprint density at radius 1 is 1.28 bits per heavy atom. The number of nitrogens with zero attached hydrogens (tertiary/aromatic N) is 4. The van der Waals surface area contributed by atoms with Crippen LogP contribution in [0, 0.1) is 5.82 Å². The van der Waals surface area contributed by atoms with Crippen molar-refractivity contribution in [1.82, 2.24) is 19.5 Å². The largest absolute Gasteiger partial charge is 0.368 e. The fourth-order valence-electron chi connectivity index (χ4n) is 3.39. The molecule has 1 aliphatic heterocycles. The number of aromatic nitrogens is 3. The Labute approximate surface area is 144 Å². The van der Waals surface area contributed by atoms with E-state index in [1.54, 1.807) is 27.7 Å². The molecule has 7 heteroatoms. The van der Waals surface area contributed by atoms with E-state index in [4.69, 9.17) is 5.73 Å². The van der Waals surface area contributed by atoms with Crippen LogP contribution in [0.25, 0.3) is 5.52 Å². The Morgan fingerprint density at radius 3 is 2.96 bits per heavy atom. The minimum atomic E-state index is -0.488. The van der Waals surface area contributed by atoms with Gasteiger partial charge in [-0.25, -0.2) is 13.9 Å². The minimum Gasteiger partial charge on any atom is -0.368 e. The van der Waals surface area contributed by atoms with Gasteiger partial charge in [-0.3, -0.25) is 4.79 Å². The molecule has 0 bridgehead atoms. The van der Waals surface area contributed by atoms with Gasteiger partial charge in [-0.1, -0.05) is 12.1 Å². The number of rotatable bonds is 2. The summed E-state index contributed by atoms with van der Waals surface area (Å²) in [5, 5.41) is 4.12. The topological polar surface area (TPSA) is 76.5 Å². The number of hydrogen-bond donors (Lipinski definition) is 1. The summed E-state index contributed by atoms with van der Waals surface area (Å²) in [6.07, 6.45) is 3.43. The van der Waals surface area contributed by atoms with Gasteiger partial charge in [0.1, 0.15) is 5.82 Å². The second-order valence-corrected chi connectivity index (χ2v) is 6.28. The second-order valence-electron chi connectivity index (χ2n) is 6.28. The van der Waals surface area contributed by atoms with E-state index >= 15 is 0 Å². The first-order valence-corrected chi connectivity index (χ1v) is 8.27. The summed E-state index contributed by atoms with van der Waals surface area (Å²) in [5.41, 5.74) is 7.80. The molecule has 1 atom stereocenters. The fraction of sp³-hybridized carbons (Fsp3) is 0.278. The number of piperidine rings is 1. The average Bonchev–Trinajstić information content (AvgIpc) is 3.11. The van der Waals surface area contributed by atoms with Gasteiger partial charge in [-0.15, -0.1) is 0 Å². The molecule has 0 spiro atoms. The van der Waals surface area contributed by atoms with Crippen LogP contribution in [-0.4, -0.2) is 38.5 Å². The van der Waals surface area contributed by atoms with Crippen LogP contribution in [0.2, 0.25) is 0 Å². The maximum absolute atomic E-state index is 13.9. The van der Waals surface area contributed by atoms with Crippen LogP contribution in [0.4, 0.5) is 10.3 Å². The molecule has 2 aromatic heterocycles. The number of benzene rings is 1. The molecule has 1 fully saturated rings. The standard InChI is InChI=1S/C18H18FN5O/c19-15-6-2-1-5-14(15)17(25)23-9-3-4-12(11-23)16-10-13-7-8-21-24(13)18(20)22-16/h1-2,5-8,10,12H,3-4,9,11H2,(H2,20,22)/t12-/m0/s1. The highest BCUT2D eigenvalue weighted by atomic mass is 19.1. The second kappa shape index (κ2) is 6.16. The Kier molecular flexibility index (Phi) is 3.83. The zero-order valence-corrected chi connectivity index (χ0v) is 13.6. The summed E-state index contributed by atoms with van der Waals surface area (Å²) in [5.74, 6) is -0.361. The van der Waals surface area contributed by atoms with Gasteiger partial charge in [0.05, 0.1) is 23.0 Å². The molecule has 25 heavy (non-hydrogen) atoms. The van der Waals surface area contributed by atoms with E-state index in [2.05, 4.69) is 10.1 Å². The molecule has 0 unspecified atom stereocenters. The SMILES string of the molecule is Nc1nc([C@H]2CCCN(C(=O)c3ccccc3F)C2)cc2ccnn12. The zero-order valence-electron chi connectivity index (χ0n) is 13.6. The quantitative estimate of drug-likeness (QED) is 0.778. The Balaban J connectivity index is 1.60. The van der Waals surface area contributed by atoms with Crippen molar-refractivity contribution in [3.63, 3.8) is 0 Å². The highest BCUT2D eigenvalue weighted by Crippen LogP contribution is 2.28. The van der Waals surface area contributed by atoms with Crippen LogP contribution >= 0.6 is 0 Å². The molecule has 6 nitrogen and oxygen atoms in total. The minimum absolute atomic E-state index is 0.0756. The normalized spacial score (nSPS) is 17.8. The molecular weight excluding hydrogens is 321 g/mol. The van der Waals surface area contributed by atoms with Gasteiger partial charge in [-0.2, -0.15) is 5.10 Å². The smallest absolute Gasteiger partial charge is 0.256 e. The zero-order chi connectivity index (χ0) is 17.4. The van der Waals surface area contributed by atoms with Gasteiger partial charge >= 0.3 is 0 Å². The molecular formula is C18H18FN5O. The van der Waals surface area contributed by atoms with Crippen molar-refractivity contribution < 1.29 is 9.18 Å². The van der Waals surface area contributed by atoms with Gasteiger partial charge in [0, 0.05) is 19.0 Å². The molecule has 4 rings (SSSR count).